The summed E-state index contributed by atoms with van der Waals surface area (Å²) in [6, 6.07) is 11.5. The molecule has 0 fully saturated rings. The van der Waals surface area contributed by atoms with Gasteiger partial charge in [0, 0.05) is 17.4 Å². The number of imidazole rings is 1. The van der Waals surface area contributed by atoms with Gasteiger partial charge in [-0.05, 0) is 37.3 Å². The predicted octanol–water partition coefficient (Wildman–Crippen LogP) is 3.55. The first kappa shape index (κ1) is 11.1. The molecule has 18 heavy (non-hydrogen) atoms. The molecule has 90 valence electrons. The summed E-state index contributed by atoms with van der Waals surface area (Å²) in [6.45, 7) is 1.99. The fraction of sp³-hybridized carbons (Fsp3) is 0.0714. The summed E-state index contributed by atoms with van der Waals surface area (Å²) in [5.74, 6) is 0.841. The van der Waals surface area contributed by atoms with Gasteiger partial charge in [-0.25, -0.2) is 4.98 Å². The summed E-state index contributed by atoms with van der Waals surface area (Å²) >= 11 is 6.24. The first-order valence-corrected chi connectivity index (χ1v) is 6.03. The first-order chi connectivity index (χ1) is 8.66. The highest BCUT2D eigenvalue weighted by molar-refractivity contribution is 6.33. The molecule has 1 aromatic carbocycles. The van der Waals surface area contributed by atoms with Crippen molar-refractivity contribution in [2.75, 3.05) is 5.73 Å². The Morgan fingerprint density at radius 3 is 2.83 bits per heavy atom. The Kier molecular flexibility index (Phi) is 2.49. The molecule has 3 rings (SSSR count). The van der Waals surface area contributed by atoms with Crippen LogP contribution in [0.25, 0.3) is 16.9 Å². The monoisotopic (exact) mass is 257 g/mol. The summed E-state index contributed by atoms with van der Waals surface area (Å²) in [4.78, 5) is 4.59. The van der Waals surface area contributed by atoms with E-state index in [2.05, 4.69) is 4.98 Å². The number of halogens is 1. The molecule has 0 aliphatic carbocycles. The third-order valence-electron chi connectivity index (χ3n) is 2.97. The highest BCUT2D eigenvalue weighted by Crippen LogP contribution is 2.30. The summed E-state index contributed by atoms with van der Waals surface area (Å²) < 4.78 is 2.03. The topological polar surface area (TPSA) is 43.3 Å². The van der Waals surface area contributed by atoms with Crippen molar-refractivity contribution in [3.05, 3.63) is 53.3 Å². The summed E-state index contributed by atoms with van der Waals surface area (Å²) in [5, 5.41) is 0.616. The lowest BCUT2D eigenvalue weighted by atomic mass is 10.2. The molecular weight excluding hydrogens is 246 g/mol. The minimum absolute atomic E-state index is 0.616. The molecule has 0 aliphatic rings. The maximum Gasteiger partial charge on any atom is 0.146 e. The van der Waals surface area contributed by atoms with Crippen LogP contribution < -0.4 is 5.73 Å². The molecule has 0 bridgehead atoms. The molecule has 0 unspecified atom stereocenters. The Balaban J connectivity index is 2.32. The lowest BCUT2D eigenvalue weighted by Gasteiger charge is -2.04. The second-order valence-corrected chi connectivity index (χ2v) is 4.62. The molecule has 3 aromatic rings. The van der Waals surface area contributed by atoms with E-state index in [1.807, 2.05) is 47.9 Å². The van der Waals surface area contributed by atoms with Crippen LogP contribution >= 0.6 is 11.6 Å². The zero-order chi connectivity index (χ0) is 12.7. The van der Waals surface area contributed by atoms with Gasteiger partial charge in [-0.1, -0.05) is 17.7 Å². The van der Waals surface area contributed by atoms with E-state index < -0.39 is 0 Å². The summed E-state index contributed by atoms with van der Waals surface area (Å²) in [7, 11) is 0. The molecule has 0 radical (unpaired) electrons. The number of hydrogen-bond donors (Lipinski definition) is 1. The SMILES string of the molecule is Cc1nc(-c2ccc(N)cc2Cl)n2ccccc12. The van der Waals surface area contributed by atoms with Crippen LogP contribution in [0, 0.1) is 6.92 Å². The van der Waals surface area contributed by atoms with Crippen LogP contribution in [-0.4, -0.2) is 9.38 Å². The minimum atomic E-state index is 0.616. The van der Waals surface area contributed by atoms with Crippen molar-refractivity contribution in [3.63, 3.8) is 0 Å². The van der Waals surface area contributed by atoms with Gasteiger partial charge in [0.1, 0.15) is 5.82 Å². The van der Waals surface area contributed by atoms with Crippen LogP contribution in [0.1, 0.15) is 5.69 Å². The lowest BCUT2D eigenvalue weighted by molar-refractivity contribution is 1.16. The van der Waals surface area contributed by atoms with Crippen LogP contribution in [-0.2, 0) is 0 Å². The third kappa shape index (κ3) is 1.64. The molecule has 0 aliphatic heterocycles. The number of anilines is 1. The van der Waals surface area contributed by atoms with E-state index in [-0.39, 0.29) is 0 Å². The molecule has 3 nitrogen and oxygen atoms in total. The van der Waals surface area contributed by atoms with Crippen LogP contribution in [0.5, 0.6) is 0 Å². The lowest BCUT2D eigenvalue weighted by Crippen LogP contribution is -1.91. The molecule has 2 N–H and O–H groups in total. The number of nitrogens with two attached hydrogens (primary N) is 1. The molecular formula is C14H12ClN3. The summed E-state index contributed by atoms with van der Waals surface area (Å²) in [6.07, 6.45) is 1.98. The largest absolute Gasteiger partial charge is 0.399 e. The Morgan fingerprint density at radius 1 is 1.22 bits per heavy atom. The van der Waals surface area contributed by atoms with Crippen molar-refractivity contribution >= 4 is 22.8 Å². The van der Waals surface area contributed by atoms with E-state index in [1.165, 1.54) is 0 Å². The second-order valence-electron chi connectivity index (χ2n) is 4.22. The highest BCUT2D eigenvalue weighted by Gasteiger charge is 2.12. The third-order valence-corrected chi connectivity index (χ3v) is 3.28. The standard InChI is InChI=1S/C14H12ClN3/c1-9-13-4-2-3-7-18(13)14(17-9)11-6-5-10(16)8-12(11)15/h2-8H,16H2,1H3. The van der Waals surface area contributed by atoms with Crippen LogP contribution in [0.2, 0.25) is 5.02 Å². The van der Waals surface area contributed by atoms with E-state index in [0.29, 0.717) is 10.7 Å². The van der Waals surface area contributed by atoms with Crippen molar-refractivity contribution in [1.82, 2.24) is 9.38 Å². The van der Waals surface area contributed by atoms with Crippen LogP contribution in [0.3, 0.4) is 0 Å². The van der Waals surface area contributed by atoms with E-state index in [4.69, 9.17) is 17.3 Å². The zero-order valence-corrected chi connectivity index (χ0v) is 10.6. The number of rotatable bonds is 1. The predicted molar refractivity (Wildman–Crippen MR) is 74.8 cm³/mol. The van der Waals surface area contributed by atoms with Crippen molar-refractivity contribution in [2.24, 2.45) is 0 Å². The smallest absolute Gasteiger partial charge is 0.146 e. The van der Waals surface area contributed by atoms with Gasteiger partial charge in [-0.2, -0.15) is 0 Å². The summed E-state index contributed by atoms with van der Waals surface area (Å²) in [5.41, 5.74) is 9.32. The average Bonchev–Trinajstić information content (AvgIpc) is 2.68. The molecule has 0 amide bonds. The van der Waals surface area contributed by atoms with E-state index >= 15 is 0 Å². The first-order valence-electron chi connectivity index (χ1n) is 5.66. The van der Waals surface area contributed by atoms with Gasteiger partial charge in [0.2, 0.25) is 0 Å². The van der Waals surface area contributed by atoms with Crippen LogP contribution in [0.4, 0.5) is 5.69 Å². The van der Waals surface area contributed by atoms with Crippen LogP contribution in [0.15, 0.2) is 42.6 Å². The van der Waals surface area contributed by atoms with Gasteiger partial charge in [-0.3, -0.25) is 4.40 Å². The maximum absolute atomic E-state index is 6.24. The molecule has 0 saturated heterocycles. The number of aryl methyl sites for hydroxylation is 1. The van der Waals surface area contributed by atoms with E-state index in [1.54, 1.807) is 6.07 Å². The van der Waals surface area contributed by atoms with Gasteiger partial charge >= 0.3 is 0 Å². The van der Waals surface area contributed by atoms with Gasteiger partial charge in [0.05, 0.1) is 16.2 Å². The number of hydrogen-bond acceptors (Lipinski definition) is 2. The number of pyridine rings is 1. The van der Waals surface area contributed by atoms with Gasteiger partial charge in [0.15, 0.2) is 0 Å². The van der Waals surface area contributed by atoms with E-state index in [9.17, 15) is 0 Å². The molecule has 2 aromatic heterocycles. The molecule has 2 heterocycles. The van der Waals surface area contributed by atoms with Gasteiger partial charge in [-0.15, -0.1) is 0 Å². The van der Waals surface area contributed by atoms with Gasteiger partial charge < -0.3 is 5.73 Å². The van der Waals surface area contributed by atoms with Crippen molar-refractivity contribution in [3.8, 4) is 11.4 Å². The minimum Gasteiger partial charge on any atom is -0.399 e. The highest BCUT2D eigenvalue weighted by atomic mass is 35.5. The Morgan fingerprint density at radius 2 is 2.06 bits per heavy atom. The number of nitrogen functional groups attached to an aromatic ring is 1. The second kappa shape index (κ2) is 4.03. The number of aromatic nitrogens is 2. The van der Waals surface area contributed by atoms with Crippen molar-refractivity contribution < 1.29 is 0 Å². The van der Waals surface area contributed by atoms with Crippen molar-refractivity contribution in [1.29, 1.82) is 0 Å². The number of fused-ring (bicyclic) bond motifs is 1. The Labute approximate surface area is 110 Å². The molecule has 4 heteroatoms. The van der Waals surface area contributed by atoms with Crippen molar-refractivity contribution in [2.45, 2.75) is 6.92 Å². The Bertz CT molecular complexity index is 731. The fourth-order valence-corrected chi connectivity index (χ4v) is 2.37. The maximum atomic E-state index is 6.24. The number of benzene rings is 1. The van der Waals surface area contributed by atoms with E-state index in [0.717, 1.165) is 22.6 Å². The molecule has 0 atom stereocenters. The zero-order valence-electron chi connectivity index (χ0n) is 9.89. The Hall–Kier alpha value is -2.00. The normalized spacial score (nSPS) is 11.0. The quantitative estimate of drug-likeness (QED) is 0.678. The fourth-order valence-electron chi connectivity index (χ4n) is 2.10. The number of nitrogens with zero attached hydrogens (tertiary/aromatic N) is 2. The average molecular weight is 258 g/mol. The molecule has 0 saturated carbocycles. The molecule has 0 spiro atoms. The van der Waals surface area contributed by atoms with Gasteiger partial charge in [0.25, 0.3) is 0 Å².